The number of hydrogen-bond donors (Lipinski definition) is 1. The van der Waals surface area contributed by atoms with Crippen molar-refractivity contribution < 1.29 is 9.47 Å². The summed E-state index contributed by atoms with van der Waals surface area (Å²) < 4.78 is 11.0. The van der Waals surface area contributed by atoms with Crippen LogP contribution in [0.1, 0.15) is 5.56 Å². The van der Waals surface area contributed by atoms with E-state index >= 15 is 0 Å². The summed E-state index contributed by atoms with van der Waals surface area (Å²) in [5, 5.41) is 0. The van der Waals surface area contributed by atoms with Crippen molar-refractivity contribution in [3.63, 3.8) is 0 Å². The SMILES string of the molecule is Cc1c[nH]c(-c2ccc3c(c2)OCCO3)c1. The summed E-state index contributed by atoms with van der Waals surface area (Å²) in [6, 6.07) is 8.13. The van der Waals surface area contributed by atoms with Crippen molar-refractivity contribution in [1.29, 1.82) is 0 Å². The van der Waals surface area contributed by atoms with E-state index in [2.05, 4.69) is 18.0 Å². The number of benzene rings is 1. The summed E-state index contributed by atoms with van der Waals surface area (Å²) in [6.07, 6.45) is 1.99. The Bertz CT molecular complexity index is 516. The van der Waals surface area contributed by atoms with Gasteiger partial charge >= 0.3 is 0 Å². The topological polar surface area (TPSA) is 34.2 Å². The minimum atomic E-state index is 0.625. The molecule has 1 aromatic heterocycles. The molecule has 1 aliphatic heterocycles. The molecule has 0 saturated carbocycles. The van der Waals surface area contributed by atoms with E-state index in [1.54, 1.807) is 0 Å². The number of fused-ring (bicyclic) bond motifs is 1. The highest BCUT2D eigenvalue weighted by Crippen LogP contribution is 2.34. The maximum absolute atomic E-state index is 5.55. The first-order valence-corrected chi connectivity index (χ1v) is 5.38. The summed E-state index contributed by atoms with van der Waals surface area (Å²) in [7, 11) is 0. The van der Waals surface area contributed by atoms with E-state index in [-0.39, 0.29) is 0 Å². The molecule has 0 saturated heterocycles. The Morgan fingerprint density at radius 3 is 2.62 bits per heavy atom. The smallest absolute Gasteiger partial charge is 0.162 e. The second kappa shape index (κ2) is 3.59. The van der Waals surface area contributed by atoms with Gasteiger partial charge in [0.1, 0.15) is 13.2 Å². The first-order chi connectivity index (χ1) is 7.83. The van der Waals surface area contributed by atoms with Crippen LogP contribution in [0, 0.1) is 6.92 Å². The van der Waals surface area contributed by atoms with E-state index < -0.39 is 0 Å². The summed E-state index contributed by atoms with van der Waals surface area (Å²) >= 11 is 0. The first kappa shape index (κ1) is 9.33. The van der Waals surface area contributed by atoms with Crippen molar-refractivity contribution in [3.8, 4) is 22.8 Å². The Morgan fingerprint density at radius 2 is 1.88 bits per heavy atom. The summed E-state index contributed by atoms with van der Waals surface area (Å²) in [4.78, 5) is 3.23. The third-order valence-electron chi connectivity index (χ3n) is 2.68. The van der Waals surface area contributed by atoms with Crippen LogP contribution in [0.5, 0.6) is 11.5 Å². The van der Waals surface area contributed by atoms with Gasteiger partial charge in [0.25, 0.3) is 0 Å². The maximum Gasteiger partial charge on any atom is 0.162 e. The molecule has 0 radical (unpaired) electrons. The van der Waals surface area contributed by atoms with E-state index in [9.17, 15) is 0 Å². The monoisotopic (exact) mass is 215 g/mol. The van der Waals surface area contributed by atoms with Crippen LogP contribution in [0.4, 0.5) is 0 Å². The molecule has 3 heteroatoms. The van der Waals surface area contributed by atoms with Crippen LogP contribution < -0.4 is 9.47 Å². The lowest BCUT2D eigenvalue weighted by atomic mass is 10.1. The van der Waals surface area contributed by atoms with Gasteiger partial charge < -0.3 is 14.5 Å². The van der Waals surface area contributed by atoms with Gasteiger partial charge in [-0.3, -0.25) is 0 Å². The quantitative estimate of drug-likeness (QED) is 0.793. The van der Waals surface area contributed by atoms with E-state index in [1.807, 2.05) is 24.4 Å². The van der Waals surface area contributed by atoms with Gasteiger partial charge in [0.15, 0.2) is 11.5 Å². The zero-order valence-electron chi connectivity index (χ0n) is 9.12. The standard InChI is InChI=1S/C13H13NO2/c1-9-6-11(14-8-9)10-2-3-12-13(7-10)16-5-4-15-12/h2-3,6-8,14H,4-5H2,1H3. The summed E-state index contributed by atoms with van der Waals surface area (Å²) in [5.74, 6) is 1.66. The lowest BCUT2D eigenvalue weighted by Crippen LogP contribution is -2.15. The molecule has 2 aromatic rings. The van der Waals surface area contributed by atoms with Gasteiger partial charge in [0, 0.05) is 17.5 Å². The number of rotatable bonds is 1. The van der Waals surface area contributed by atoms with E-state index in [0.717, 1.165) is 22.8 Å². The van der Waals surface area contributed by atoms with E-state index in [0.29, 0.717) is 13.2 Å². The van der Waals surface area contributed by atoms with Crippen LogP contribution >= 0.6 is 0 Å². The molecule has 0 amide bonds. The molecule has 82 valence electrons. The van der Waals surface area contributed by atoms with E-state index in [1.165, 1.54) is 5.56 Å². The normalized spacial score (nSPS) is 13.8. The predicted octanol–water partition coefficient (Wildman–Crippen LogP) is 2.76. The molecule has 1 aromatic carbocycles. The van der Waals surface area contributed by atoms with Crippen molar-refractivity contribution in [2.24, 2.45) is 0 Å². The van der Waals surface area contributed by atoms with Gasteiger partial charge in [-0.1, -0.05) is 0 Å². The number of nitrogens with one attached hydrogen (secondary N) is 1. The van der Waals surface area contributed by atoms with Gasteiger partial charge in [-0.15, -0.1) is 0 Å². The molecule has 0 bridgehead atoms. The van der Waals surface area contributed by atoms with Crippen LogP contribution in [-0.4, -0.2) is 18.2 Å². The third kappa shape index (κ3) is 1.54. The van der Waals surface area contributed by atoms with Crippen LogP contribution in [0.15, 0.2) is 30.5 Å². The first-order valence-electron chi connectivity index (χ1n) is 5.38. The predicted molar refractivity (Wildman–Crippen MR) is 62.0 cm³/mol. The zero-order chi connectivity index (χ0) is 11.0. The number of H-pyrrole nitrogens is 1. The summed E-state index contributed by atoms with van der Waals surface area (Å²) in [6.45, 7) is 3.33. The number of aromatic nitrogens is 1. The lowest BCUT2D eigenvalue weighted by Gasteiger charge is -2.18. The van der Waals surface area contributed by atoms with Crippen molar-refractivity contribution in [2.45, 2.75) is 6.92 Å². The van der Waals surface area contributed by atoms with Crippen molar-refractivity contribution in [2.75, 3.05) is 13.2 Å². The molecule has 1 aliphatic rings. The minimum Gasteiger partial charge on any atom is -0.486 e. The van der Waals surface area contributed by atoms with Crippen LogP contribution in [0.2, 0.25) is 0 Å². The fraction of sp³-hybridized carbons (Fsp3) is 0.231. The maximum atomic E-state index is 5.55. The highest BCUT2D eigenvalue weighted by Gasteiger charge is 2.12. The Hall–Kier alpha value is -1.90. The fourth-order valence-corrected chi connectivity index (χ4v) is 1.88. The average Bonchev–Trinajstić information content (AvgIpc) is 2.75. The average molecular weight is 215 g/mol. The molecule has 0 aliphatic carbocycles. The van der Waals surface area contributed by atoms with Crippen LogP contribution in [0.3, 0.4) is 0 Å². The second-order valence-electron chi connectivity index (χ2n) is 3.95. The van der Waals surface area contributed by atoms with Gasteiger partial charge in [0.05, 0.1) is 0 Å². The fourth-order valence-electron chi connectivity index (χ4n) is 1.88. The van der Waals surface area contributed by atoms with Gasteiger partial charge in [-0.05, 0) is 36.8 Å². The van der Waals surface area contributed by atoms with Crippen molar-refractivity contribution >= 4 is 0 Å². The van der Waals surface area contributed by atoms with Gasteiger partial charge in [0.2, 0.25) is 0 Å². The molecule has 0 unspecified atom stereocenters. The zero-order valence-corrected chi connectivity index (χ0v) is 9.12. The molecule has 0 atom stereocenters. The molecular formula is C13H13NO2. The minimum absolute atomic E-state index is 0.625. The van der Waals surface area contributed by atoms with Crippen LogP contribution in [0.25, 0.3) is 11.3 Å². The molecule has 0 fully saturated rings. The second-order valence-corrected chi connectivity index (χ2v) is 3.95. The number of ether oxygens (including phenoxy) is 2. The number of hydrogen-bond acceptors (Lipinski definition) is 2. The van der Waals surface area contributed by atoms with E-state index in [4.69, 9.17) is 9.47 Å². The molecule has 16 heavy (non-hydrogen) atoms. The highest BCUT2D eigenvalue weighted by molar-refractivity contribution is 5.65. The Balaban J connectivity index is 2.02. The largest absolute Gasteiger partial charge is 0.486 e. The Morgan fingerprint density at radius 1 is 1.06 bits per heavy atom. The van der Waals surface area contributed by atoms with Crippen LogP contribution in [-0.2, 0) is 0 Å². The number of aromatic amines is 1. The van der Waals surface area contributed by atoms with Crippen molar-refractivity contribution in [3.05, 3.63) is 36.0 Å². The molecule has 0 spiro atoms. The van der Waals surface area contributed by atoms with Crippen molar-refractivity contribution in [1.82, 2.24) is 4.98 Å². The van der Waals surface area contributed by atoms with Gasteiger partial charge in [-0.25, -0.2) is 0 Å². The number of aryl methyl sites for hydroxylation is 1. The molecule has 2 heterocycles. The molecule has 1 N–H and O–H groups in total. The molecule has 3 rings (SSSR count). The summed E-state index contributed by atoms with van der Waals surface area (Å²) in [5.41, 5.74) is 3.46. The Labute approximate surface area is 94.0 Å². The van der Waals surface area contributed by atoms with Gasteiger partial charge in [-0.2, -0.15) is 0 Å². The Kier molecular flexibility index (Phi) is 2.10. The molecular weight excluding hydrogens is 202 g/mol. The molecule has 3 nitrogen and oxygen atoms in total. The lowest BCUT2D eigenvalue weighted by molar-refractivity contribution is 0.171. The third-order valence-corrected chi connectivity index (χ3v) is 2.68. The highest BCUT2D eigenvalue weighted by atomic mass is 16.6.